The van der Waals surface area contributed by atoms with Crippen molar-refractivity contribution < 1.29 is 30.7 Å². The zero-order valence-corrected chi connectivity index (χ0v) is 15.1. The van der Waals surface area contributed by atoms with Gasteiger partial charge in [0.05, 0.1) is 12.1 Å². The van der Waals surface area contributed by atoms with Crippen molar-refractivity contribution in [3.05, 3.63) is 35.1 Å². The maximum absolute atomic E-state index is 13.1. The molecule has 1 atom stereocenters. The Morgan fingerprint density at radius 1 is 1.18 bits per heavy atom. The van der Waals surface area contributed by atoms with Gasteiger partial charge in [0.25, 0.3) is 0 Å². The SMILES string of the molecule is CN=C(NCc1ccc(F)cc1C(F)(F)F)NCC1CCN(CC(F)(F)F)C1. The number of likely N-dealkylation sites (tertiary alicyclic amines) is 1. The van der Waals surface area contributed by atoms with Crippen LogP contribution in [0.2, 0.25) is 0 Å². The zero-order valence-electron chi connectivity index (χ0n) is 15.1. The lowest BCUT2D eigenvalue weighted by Crippen LogP contribution is -2.40. The Morgan fingerprint density at radius 2 is 1.89 bits per heavy atom. The number of alkyl halides is 6. The molecule has 1 saturated heterocycles. The van der Waals surface area contributed by atoms with Gasteiger partial charge in [-0.3, -0.25) is 9.89 Å². The molecule has 0 amide bonds. The second kappa shape index (κ2) is 8.97. The lowest BCUT2D eigenvalue weighted by Gasteiger charge is -2.19. The van der Waals surface area contributed by atoms with Gasteiger partial charge in [0.15, 0.2) is 5.96 Å². The molecule has 1 heterocycles. The van der Waals surface area contributed by atoms with Crippen molar-refractivity contribution in [1.82, 2.24) is 15.5 Å². The number of hydrogen-bond donors (Lipinski definition) is 2. The van der Waals surface area contributed by atoms with E-state index in [1.165, 1.54) is 11.9 Å². The molecule has 28 heavy (non-hydrogen) atoms. The largest absolute Gasteiger partial charge is 0.416 e. The predicted molar refractivity (Wildman–Crippen MR) is 90.2 cm³/mol. The monoisotopic (exact) mass is 414 g/mol. The van der Waals surface area contributed by atoms with Crippen LogP contribution in [0.3, 0.4) is 0 Å². The van der Waals surface area contributed by atoms with Gasteiger partial charge < -0.3 is 10.6 Å². The Kier molecular flexibility index (Phi) is 7.13. The van der Waals surface area contributed by atoms with Gasteiger partial charge in [-0.2, -0.15) is 26.3 Å². The summed E-state index contributed by atoms with van der Waals surface area (Å²) in [6.45, 7) is -0.243. The number of aliphatic imine (C=N–C) groups is 1. The quantitative estimate of drug-likeness (QED) is 0.441. The minimum absolute atomic E-state index is 0.0301. The number of guanidine groups is 1. The lowest BCUT2D eigenvalue weighted by atomic mass is 10.1. The predicted octanol–water partition coefficient (Wildman–Crippen LogP) is 3.39. The van der Waals surface area contributed by atoms with Crippen molar-refractivity contribution in [3.8, 4) is 0 Å². The Hall–Kier alpha value is -2.04. The molecule has 0 saturated carbocycles. The summed E-state index contributed by atoms with van der Waals surface area (Å²) < 4.78 is 89.4. The maximum atomic E-state index is 13.1. The van der Waals surface area contributed by atoms with E-state index in [0.29, 0.717) is 25.6 Å². The van der Waals surface area contributed by atoms with Crippen molar-refractivity contribution in [3.63, 3.8) is 0 Å². The van der Waals surface area contributed by atoms with Crippen LogP contribution in [0.1, 0.15) is 17.5 Å². The Labute approximate surface area is 157 Å². The number of halogens is 7. The molecule has 0 spiro atoms. The van der Waals surface area contributed by atoms with E-state index < -0.39 is 30.3 Å². The molecule has 0 aliphatic carbocycles. The number of rotatable bonds is 5. The first kappa shape index (κ1) is 22.3. The second-order valence-electron chi connectivity index (χ2n) is 6.61. The summed E-state index contributed by atoms with van der Waals surface area (Å²) in [5.41, 5.74) is -1.22. The minimum atomic E-state index is -4.69. The summed E-state index contributed by atoms with van der Waals surface area (Å²) in [6, 6.07) is 2.42. The van der Waals surface area contributed by atoms with Gasteiger partial charge in [-0.05, 0) is 36.6 Å². The van der Waals surface area contributed by atoms with E-state index in [2.05, 4.69) is 15.6 Å². The molecule has 2 N–H and O–H groups in total. The van der Waals surface area contributed by atoms with Crippen molar-refractivity contribution in [2.45, 2.75) is 25.3 Å². The van der Waals surface area contributed by atoms with Crippen LogP contribution in [-0.2, 0) is 12.7 Å². The number of nitrogens with one attached hydrogen (secondary N) is 2. The van der Waals surface area contributed by atoms with E-state index in [1.807, 2.05) is 0 Å². The van der Waals surface area contributed by atoms with Crippen LogP contribution < -0.4 is 10.6 Å². The van der Waals surface area contributed by atoms with Gasteiger partial charge in [-0.1, -0.05) is 6.07 Å². The van der Waals surface area contributed by atoms with Crippen LogP contribution in [0.25, 0.3) is 0 Å². The van der Waals surface area contributed by atoms with Crippen molar-refractivity contribution in [1.29, 1.82) is 0 Å². The van der Waals surface area contributed by atoms with E-state index in [0.717, 1.165) is 12.1 Å². The molecule has 4 nitrogen and oxygen atoms in total. The van der Waals surface area contributed by atoms with Gasteiger partial charge in [-0.15, -0.1) is 0 Å². The fraction of sp³-hybridized carbons (Fsp3) is 0.588. The molecule has 0 radical (unpaired) electrons. The fourth-order valence-electron chi connectivity index (χ4n) is 3.08. The van der Waals surface area contributed by atoms with Gasteiger partial charge in [0.1, 0.15) is 5.82 Å². The molecule has 1 fully saturated rings. The van der Waals surface area contributed by atoms with E-state index in [-0.39, 0.29) is 30.5 Å². The topological polar surface area (TPSA) is 39.7 Å². The molecule has 11 heteroatoms. The molecule has 1 aromatic rings. The van der Waals surface area contributed by atoms with Crippen LogP contribution in [-0.4, -0.2) is 50.3 Å². The van der Waals surface area contributed by atoms with Crippen molar-refractivity contribution in [2.24, 2.45) is 10.9 Å². The molecular formula is C17H21F7N4. The standard InChI is InChI=1S/C17H21F7N4/c1-25-15(26-7-11-4-5-28(9-11)10-16(19,20)21)27-8-12-2-3-13(18)6-14(12)17(22,23)24/h2-3,6,11H,4-5,7-10H2,1H3,(H2,25,26,27). The Balaban J connectivity index is 1.86. The van der Waals surface area contributed by atoms with Gasteiger partial charge in [0.2, 0.25) is 0 Å². The first-order chi connectivity index (χ1) is 13.0. The highest BCUT2D eigenvalue weighted by Gasteiger charge is 2.35. The Morgan fingerprint density at radius 3 is 2.50 bits per heavy atom. The highest BCUT2D eigenvalue weighted by molar-refractivity contribution is 5.79. The Bertz CT molecular complexity index is 685. The maximum Gasteiger partial charge on any atom is 0.416 e. The van der Waals surface area contributed by atoms with Crippen LogP contribution >= 0.6 is 0 Å². The summed E-state index contributed by atoms with van der Waals surface area (Å²) in [5, 5.41) is 5.62. The molecule has 0 aromatic heterocycles. The third-order valence-corrected chi connectivity index (χ3v) is 4.38. The van der Waals surface area contributed by atoms with E-state index in [1.54, 1.807) is 0 Å². The van der Waals surface area contributed by atoms with Crippen molar-refractivity contribution >= 4 is 5.96 Å². The van der Waals surface area contributed by atoms with Gasteiger partial charge >= 0.3 is 12.4 Å². The van der Waals surface area contributed by atoms with Crippen LogP contribution in [0, 0.1) is 11.7 Å². The normalized spacial score (nSPS) is 19.1. The molecule has 1 aliphatic heterocycles. The molecule has 158 valence electrons. The highest BCUT2D eigenvalue weighted by Crippen LogP contribution is 2.32. The minimum Gasteiger partial charge on any atom is -0.356 e. The molecular weight excluding hydrogens is 393 g/mol. The van der Waals surface area contributed by atoms with E-state index >= 15 is 0 Å². The molecule has 2 rings (SSSR count). The van der Waals surface area contributed by atoms with Crippen LogP contribution in [0.4, 0.5) is 30.7 Å². The first-order valence-corrected chi connectivity index (χ1v) is 8.57. The average molecular weight is 414 g/mol. The third kappa shape index (κ3) is 6.84. The summed E-state index contributed by atoms with van der Waals surface area (Å²) >= 11 is 0. The molecule has 1 aliphatic rings. The summed E-state index contributed by atoms with van der Waals surface area (Å²) in [7, 11) is 1.43. The smallest absolute Gasteiger partial charge is 0.356 e. The van der Waals surface area contributed by atoms with E-state index in [9.17, 15) is 30.7 Å². The van der Waals surface area contributed by atoms with Gasteiger partial charge in [0, 0.05) is 26.7 Å². The highest BCUT2D eigenvalue weighted by atomic mass is 19.4. The summed E-state index contributed by atoms with van der Waals surface area (Å²) in [5.74, 6) is -0.799. The molecule has 1 unspecified atom stereocenters. The zero-order chi connectivity index (χ0) is 20.9. The average Bonchev–Trinajstić information content (AvgIpc) is 3.00. The molecule has 1 aromatic carbocycles. The number of benzene rings is 1. The summed E-state index contributed by atoms with van der Waals surface area (Å²) in [6.07, 6.45) is -8.36. The molecule has 0 bridgehead atoms. The third-order valence-electron chi connectivity index (χ3n) is 4.38. The van der Waals surface area contributed by atoms with Gasteiger partial charge in [-0.25, -0.2) is 4.39 Å². The van der Waals surface area contributed by atoms with Crippen LogP contribution in [0.5, 0.6) is 0 Å². The lowest BCUT2D eigenvalue weighted by molar-refractivity contribution is -0.143. The summed E-state index contributed by atoms with van der Waals surface area (Å²) in [4.78, 5) is 5.21. The fourth-order valence-corrected chi connectivity index (χ4v) is 3.08. The number of nitrogens with zero attached hydrogens (tertiary/aromatic N) is 2. The van der Waals surface area contributed by atoms with E-state index in [4.69, 9.17) is 0 Å². The first-order valence-electron chi connectivity index (χ1n) is 8.57. The second-order valence-corrected chi connectivity index (χ2v) is 6.61. The number of hydrogen-bond acceptors (Lipinski definition) is 2. The van der Waals surface area contributed by atoms with Crippen molar-refractivity contribution in [2.75, 3.05) is 33.2 Å². The van der Waals surface area contributed by atoms with Crippen LogP contribution in [0.15, 0.2) is 23.2 Å².